The summed E-state index contributed by atoms with van der Waals surface area (Å²) in [5.41, 5.74) is 0. The quantitative estimate of drug-likeness (QED) is 0.0975. The molecule has 8 bridgehead atoms. The molecule has 9 aliphatic rings. The summed E-state index contributed by atoms with van der Waals surface area (Å²) in [6, 6.07) is 0. The van der Waals surface area contributed by atoms with Crippen LogP contribution in [0.15, 0.2) is 0 Å². The fourth-order valence-electron chi connectivity index (χ4n) is 12.0. The van der Waals surface area contributed by atoms with Crippen LogP contribution < -0.4 is 42.5 Å². The second-order valence-electron chi connectivity index (χ2n) is 16.8. The summed E-state index contributed by atoms with van der Waals surface area (Å²) in [7, 11) is -1.49. The Morgan fingerprint density at radius 3 is 0.482 bits per heavy atom. The second-order valence-corrected chi connectivity index (χ2v) is 22.5. The fourth-order valence-corrected chi connectivity index (χ4v) is 12.0. The number of nitrogens with one attached hydrogen (secondary N) is 8. The molecule has 8 atom stereocenters. The molecule has 0 aromatic rings. The molecule has 0 aromatic carbocycles. The Hall–Kier alpha value is 0.774. The summed E-state index contributed by atoms with van der Waals surface area (Å²) in [4.78, 5) is 0. The molecule has 5 saturated heterocycles. The first-order chi connectivity index (χ1) is 25.8. The summed E-state index contributed by atoms with van der Waals surface area (Å²) < 4.78 is 79.6. The largest absolute Gasteiger partial charge is 3.00 e. The third kappa shape index (κ3) is 13.4. The van der Waals surface area contributed by atoms with E-state index in [-0.39, 0.29) is 16.5 Å². The van der Waals surface area contributed by atoms with Crippen molar-refractivity contribution in [3.63, 3.8) is 0 Å². The summed E-state index contributed by atoms with van der Waals surface area (Å²) >= 11 is 0. The maximum atomic E-state index is 8.84. The van der Waals surface area contributed by atoms with Crippen molar-refractivity contribution in [2.24, 2.45) is 47.3 Å². The minimum Gasteiger partial charge on any atom is -0.735 e. The predicted octanol–water partition coefficient (Wildman–Crippen LogP) is 1.66. The van der Waals surface area contributed by atoms with Gasteiger partial charge >= 0.3 is 16.5 Å². The van der Waals surface area contributed by atoms with Gasteiger partial charge in [-0.05, 0) is 98.7 Å². The molecule has 24 heteroatoms. The van der Waals surface area contributed by atoms with Crippen LogP contribution in [0, 0.1) is 47.3 Å². The van der Waals surface area contributed by atoms with Gasteiger partial charge in [-0.3, -0.25) is 42.5 Å². The molecule has 0 spiro atoms. The first-order valence-corrected chi connectivity index (χ1v) is 26.6. The molecule has 56 heavy (non-hydrogen) atoms. The van der Waals surface area contributed by atoms with Gasteiger partial charge in [0.05, 0.1) is 49.3 Å². The van der Waals surface area contributed by atoms with Crippen molar-refractivity contribution in [1.82, 2.24) is 42.5 Å². The monoisotopic (exact) mass is 955 g/mol. The van der Waals surface area contributed by atoms with Gasteiger partial charge in [-0.2, -0.15) is 0 Å². The SMILES string of the molecule is C1CCC2C3NC(NC4NC(NC5NC(NC6NC(N3)C3CCCCC63)C3CCCCC53)C3CCCCC43)C2C1.O=S(=O)([O-])Cl.O=S(=O)([O-])Cl.O=S(=O)([O-])Cl.[Ni+3]. The van der Waals surface area contributed by atoms with E-state index in [4.69, 9.17) is 38.9 Å². The van der Waals surface area contributed by atoms with Crippen molar-refractivity contribution in [3.8, 4) is 0 Å². The van der Waals surface area contributed by atoms with Crippen LogP contribution in [-0.4, -0.2) is 88.2 Å². The van der Waals surface area contributed by atoms with Gasteiger partial charge in [0.1, 0.15) is 0 Å². The molecule has 9 fully saturated rings. The van der Waals surface area contributed by atoms with Crippen LogP contribution in [0.4, 0.5) is 0 Å². The van der Waals surface area contributed by atoms with Gasteiger partial charge in [0, 0.05) is 32.0 Å². The van der Waals surface area contributed by atoms with Gasteiger partial charge in [0.25, 0.3) is 0 Å². The standard InChI is InChI=1S/C32H56N8.3ClHO3S.Ni/c1-2-10-18-17(9-1)25-33-26(18)38-28-21-13-5-6-14-22(21)30(35-28)40-32-24-16-8-7-15-23(24)31(36-32)39-29-20-12-4-3-11-19(20)27(34-29)37-25;3*1-5(2,3)4;/h17-40H,1-16H2;3*(H,2,3,4);/q;;;;+3/p-3. The molecular formula is C32H56Cl3N8NiO9S3. The van der Waals surface area contributed by atoms with Crippen molar-refractivity contribution in [3.05, 3.63) is 0 Å². The molecule has 4 aliphatic carbocycles. The maximum Gasteiger partial charge on any atom is 3.00 e. The third-order valence-electron chi connectivity index (χ3n) is 13.8. The topological polar surface area (TPSA) is 268 Å². The smallest absolute Gasteiger partial charge is 0.735 e. The number of hydrogen-bond acceptors (Lipinski definition) is 17. The van der Waals surface area contributed by atoms with Crippen molar-refractivity contribution in [2.75, 3.05) is 0 Å². The number of halogens is 3. The van der Waals surface area contributed by atoms with Gasteiger partial charge < -0.3 is 13.7 Å². The van der Waals surface area contributed by atoms with Crippen LogP contribution in [0.3, 0.4) is 0 Å². The average molecular weight is 958 g/mol. The van der Waals surface area contributed by atoms with Gasteiger partial charge in [0.15, 0.2) is 28.0 Å². The summed E-state index contributed by atoms with van der Waals surface area (Å²) in [6.45, 7) is 0. The minimum absolute atomic E-state index is 0. The van der Waals surface area contributed by atoms with Gasteiger partial charge in [-0.25, -0.2) is 25.3 Å². The van der Waals surface area contributed by atoms with E-state index in [1.807, 2.05) is 0 Å². The van der Waals surface area contributed by atoms with Gasteiger partial charge in [0.2, 0.25) is 0 Å². The minimum atomic E-state index is -4.44. The Morgan fingerprint density at radius 2 is 0.393 bits per heavy atom. The zero-order valence-electron chi connectivity index (χ0n) is 30.9. The van der Waals surface area contributed by atoms with E-state index < -0.39 is 28.0 Å². The predicted molar refractivity (Wildman–Crippen MR) is 204 cm³/mol. The van der Waals surface area contributed by atoms with E-state index in [0.717, 1.165) is 47.3 Å². The van der Waals surface area contributed by atoms with Crippen molar-refractivity contribution in [1.29, 1.82) is 0 Å². The average Bonchev–Trinajstić information content (AvgIpc) is 3.82. The number of fused-ring (bicyclic) bond motifs is 20. The zero-order chi connectivity index (χ0) is 39.7. The molecule has 9 rings (SSSR count). The maximum absolute atomic E-state index is 8.84. The van der Waals surface area contributed by atoms with Crippen LogP contribution in [0.5, 0.6) is 0 Å². The molecule has 0 aromatic heterocycles. The van der Waals surface area contributed by atoms with E-state index in [1.165, 1.54) is 103 Å². The Balaban J connectivity index is 0.000000324. The Morgan fingerprint density at radius 1 is 0.304 bits per heavy atom. The molecule has 5 aliphatic heterocycles. The molecule has 5 heterocycles. The van der Waals surface area contributed by atoms with Crippen molar-refractivity contribution >= 4 is 60.0 Å². The van der Waals surface area contributed by atoms with Crippen LogP contribution in [0.25, 0.3) is 0 Å². The van der Waals surface area contributed by atoms with E-state index in [9.17, 15) is 0 Å². The van der Waals surface area contributed by atoms with Crippen molar-refractivity contribution in [2.45, 2.75) is 152 Å². The molecule has 1 radical (unpaired) electrons. The number of rotatable bonds is 0. The summed E-state index contributed by atoms with van der Waals surface area (Å²) in [6.07, 6.45) is 25.6. The van der Waals surface area contributed by atoms with Crippen molar-refractivity contribution < 1.29 is 55.4 Å². The van der Waals surface area contributed by atoms with E-state index >= 15 is 0 Å². The van der Waals surface area contributed by atoms with Crippen LogP contribution in [-0.2, 0) is 44.5 Å². The van der Waals surface area contributed by atoms with Gasteiger partial charge in [-0.15, -0.1) is 0 Å². The second kappa shape index (κ2) is 20.3. The molecule has 17 nitrogen and oxygen atoms in total. The summed E-state index contributed by atoms with van der Waals surface area (Å²) in [5, 5.41) is 33.8. The van der Waals surface area contributed by atoms with Crippen LogP contribution in [0.1, 0.15) is 103 Å². The van der Waals surface area contributed by atoms with E-state index in [1.54, 1.807) is 0 Å². The normalized spacial score (nSPS) is 44.2. The Labute approximate surface area is 355 Å². The third-order valence-corrected chi connectivity index (χ3v) is 13.8. The Kier molecular flexibility index (Phi) is 17.3. The first-order valence-electron chi connectivity index (χ1n) is 19.8. The molecule has 4 saturated carbocycles. The molecule has 8 unspecified atom stereocenters. The van der Waals surface area contributed by atoms with Gasteiger partial charge in [-0.1, -0.05) is 51.4 Å². The molecule has 327 valence electrons. The molecular weight excluding hydrogens is 902 g/mol. The molecule has 0 amide bonds. The van der Waals surface area contributed by atoms with Crippen LogP contribution in [0.2, 0.25) is 0 Å². The fraction of sp³-hybridized carbons (Fsp3) is 1.00. The first kappa shape index (κ1) is 47.8. The Bertz CT molecular complexity index is 1330. The zero-order valence-corrected chi connectivity index (χ0v) is 36.6. The summed E-state index contributed by atoms with van der Waals surface area (Å²) in [5.74, 6) is 5.97. The van der Waals surface area contributed by atoms with E-state index in [0.29, 0.717) is 49.3 Å². The molecule has 8 N–H and O–H groups in total. The van der Waals surface area contributed by atoms with Crippen LogP contribution >= 0.6 is 32.0 Å². The number of hydrogen-bond donors (Lipinski definition) is 8. The van der Waals surface area contributed by atoms with E-state index in [2.05, 4.69) is 74.6 Å².